The molecule has 0 aliphatic heterocycles. The minimum Gasteiger partial charge on any atom is -0.378 e. The fourth-order valence-electron chi connectivity index (χ4n) is 1.50. The van der Waals surface area contributed by atoms with E-state index in [1.807, 2.05) is 20.8 Å². The van der Waals surface area contributed by atoms with Gasteiger partial charge in [-0.15, -0.1) is 0 Å². The number of nitriles is 1. The summed E-state index contributed by atoms with van der Waals surface area (Å²) in [5, 5.41) is 12.2. The zero-order chi connectivity index (χ0) is 11.0. The summed E-state index contributed by atoms with van der Waals surface area (Å²) in [6.45, 7) is 9.61. The molecule has 0 aliphatic rings. The lowest BCUT2D eigenvalue weighted by molar-refractivity contribution is 0.0483. The SMILES string of the molecule is CCCOC(C)CC(C)(C#N)NCC. The third-order valence-corrected chi connectivity index (χ3v) is 2.12. The van der Waals surface area contributed by atoms with Gasteiger partial charge in [-0.3, -0.25) is 5.32 Å². The number of rotatable bonds is 7. The molecule has 2 unspecified atom stereocenters. The molecule has 0 saturated carbocycles. The van der Waals surface area contributed by atoms with Gasteiger partial charge in [0, 0.05) is 13.0 Å². The van der Waals surface area contributed by atoms with Gasteiger partial charge in [-0.1, -0.05) is 13.8 Å². The van der Waals surface area contributed by atoms with E-state index in [-0.39, 0.29) is 6.10 Å². The van der Waals surface area contributed by atoms with Gasteiger partial charge in [-0.05, 0) is 26.8 Å². The van der Waals surface area contributed by atoms with Gasteiger partial charge in [0.15, 0.2) is 0 Å². The largest absolute Gasteiger partial charge is 0.378 e. The maximum atomic E-state index is 9.02. The zero-order valence-electron chi connectivity index (χ0n) is 9.76. The van der Waals surface area contributed by atoms with Gasteiger partial charge in [0.1, 0.15) is 5.54 Å². The molecule has 0 amide bonds. The van der Waals surface area contributed by atoms with E-state index < -0.39 is 5.54 Å². The third-order valence-electron chi connectivity index (χ3n) is 2.12. The predicted octanol–water partition coefficient (Wildman–Crippen LogP) is 2.08. The van der Waals surface area contributed by atoms with Crippen LogP contribution in [0.25, 0.3) is 0 Å². The van der Waals surface area contributed by atoms with Crippen molar-refractivity contribution in [3.05, 3.63) is 0 Å². The lowest BCUT2D eigenvalue weighted by atomic mass is 9.96. The van der Waals surface area contributed by atoms with Crippen LogP contribution in [0.1, 0.15) is 40.5 Å². The molecule has 0 aromatic heterocycles. The number of nitrogens with one attached hydrogen (secondary N) is 1. The lowest BCUT2D eigenvalue weighted by Gasteiger charge is -2.26. The first-order valence-corrected chi connectivity index (χ1v) is 5.35. The van der Waals surface area contributed by atoms with Crippen LogP contribution < -0.4 is 5.32 Å². The highest BCUT2D eigenvalue weighted by Gasteiger charge is 2.25. The number of hydrogen-bond donors (Lipinski definition) is 1. The molecule has 0 radical (unpaired) electrons. The van der Waals surface area contributed by atoms with Crippen LogP contribution in [-0.4, -0.2) is 24.8 Å². The van der Waals surface area contributed by atoms with E-state index in [4.69, 9.17) is 10.00 Å². The monoisotopic (exact) mass is 198 g/mol. The molecule has 3 heteroatoms. The highest BCUT2D eigenvalue weighted by atomic mass is 16.5. The average molecular weight is 198 g/mol. The molecule has 2 atom stereocenters. The molecular formula is C11H22N2O. The molecule has 0 rings (SSSR count). The predicted molar refractivity (Wildman–Crippen MR) is 58.0 cm³/mol. The highest BCUT2D eigenvalue weighted by molar-refractivity contribution is 5.04. The van der Waals surface area contributed by atoms with E-state index >= 15 is 0 Å². The molecule has 82 valence electrons. The molecule has 0 spiro atoms. The second-order valence-corrected chi connectivity index (χ2v) is 3.86. The molecule has 0 aliphatic carbocycles. The molecule has 0 saturated heterocycles. The Morgan fingerprint density at radius 1 is 1.50 bits per heavy atom. The normalized spacial score (nSPS) is 17.1. The van der Waals surface area contributed by atoms with Gasteiger partial charge >= 0.3 is 0 Å². The molecule has 14 heavy (non-hydrogen) atoms. The van der Waals surface area contributed by atoms with Crippen LogP contribution in [0, 0.1) is 11.3 Å². The maximum absolute atomic E-state index is 9.02. The van der Waals surface area contributed by atoms with Crippen LogP contribution in [0.2, 0.25) is 0 Å². The summed E-state index contributed by atoms with van der Waals surface area (Å²) in [7, 11) is 0. The van der Waals surface area contributed by atoms with Crippen molar-refractivity contribution in [3.8, 4) is 6.07 Å². The van der Waals surface area contributed by atoms with Gasteiger partial charge in [-0.25, -0.2) is 0 Å². The molecule has 0 aromatic rings. The second-order valence-electron chi connectivity index (χ2n) is 3.86. The average Bonchev–Trinajstić information content (AvgIpc) is 2.15. The van der Waals surface area contributed by atoms with Crippen LogP contribution >= 0.6 is 0 Å². The Balaban J connectivity index is 3.98. The summed E-state index contributed by atoms with van der Waals surface area (Å²) in [5.41, 5.74) is -0.456. The standard InChI is InChI=1S/C11H22N2O/c1-5-7-14-10(3)8-11(4,9-12)13-6-2/h10,13H,5-8H2,1-4H3. The van der Waals surface area contributed by atoms with Crippen molar-refractivity contribution in [1.82, 2.24) is 5.32 Å². The maximum Gasteiger partial charge on any atom is 0.106 e. The topological polar surface area (TPSA) is 45.0 Å². The zero-order valence-corrected chi connectivity index (χ0v) is 9.76. The minimum absolute atomic E-state index is 0.138. The Morgan fingerprint density at radius 3 is 2.57 bits per heavy atom. The molecule has 0 fully saturated rings. The van der Waals surface area contributed by atoms with E-state index in [9.17, 15) is 0 Å². The van der Waals surface area contributed by atoms with E-state index in [0.717, 1.165) is 26.0 Å². The van der Waals surface area contributed by atoms with Crippen LogP contribution in [0.5, 0.6) is 0 Å². The first kappa shape index (κ1) is 13.4. The molecular weight excluding hydrogens is 176 g/mol. The first-order valence-electron chi connectivity index (χ1n) is 5.35. The lowest BCUT2D eigenvalue weighted by Crippen LogP contribution is -2.43. The van der Waals surface area contributed by atoms with Gasteiger partial charge < -0.3 is 4.74 Å². The number of hydrogen-bond acceptors (Lipinski definition) is 3. The third kappa shape index (κ3) is 5.21. The van der Waals surface area contributed by atoms with Crippen molar-refractivity contribution in [2.24, 2.45) is 0 Å². The van der Waals surface area contributed by atoms with Gasteiger partial charge in [-0.2, -0.15) is 5.26 Å². The van der Waals surface area contributed by atoms with Crippen molar-refractivity contribution < 1.29 is 4.74 Å². The van der Waals surface area contributed by atoms with Gasteiger partial charge in [0.2, 0.25) is 0 Å². The Bertz CT molecular complexity index is 188. The Morgan fingerprint density at radius 2 is 2.14 bits per heavy atom. The van der Waals surface area contributed by atoms with Crippen molar-refractivity contribution in [3.63, 3.8) is 0 Å². The van der Waals surface area contributed by atoms with Gasteiger partial charge in [0.25, 0.3) is 0 Å². The van der Waals surface area contributed by atoms with Crippen molar-refractivity contribution in [1.29, 1.82) is 5.26 Å². The second kappa shape index (κ2) is 6.80. The number of nitrogens with zero attached hydrogens (tertiary/aromatic N) is 1. The van der Waals surface area contributed by atoms with Crippen molar-refractivity contribution in [2.45, 2.75) is 52.2 Å². The van der Waals surface area contributed by atoms with Gasteiger partial charge in [0.05, 0.1) is 12.2 Å². The Kier molecular flexibility index (Phi) is 6.52. The molecule has 0 aromatic carbocycles. The molecule has 0 bridgehead atoms. The number of ether oxygens (including phenoxy) is 1. The quantitative estimate of drug-likeness (QED) is 0.681. The molecule has 3 nitrogen and oxygen atoms in total. The highest BCUT2D eigenvalue weighted by Crippen LogP contribution is 2.13. The van der Waals surface area contributed by atoms with E-state index in [0.29, 0.717) is 0 Å². The van der Waals surface area contributed by atoms with Crippen molar-refractivity contribution >= 4 is 0 Å². The smallest absolute Gasteiger partial charge is 0.106 e. The summed E-state index contributed by atoms with van der Waals surface area (Å²) in [4.78, 5) is 0. The summed E-state index contributed by atoms with van der Waals surface area (Å²) >= 11 is 0. The fraction of sp³-hybridized carbons (Fsp3) is 0.909. The van der Waals surface area contributed by atoms with Crippen molar-refractivity contribution in [2.75, 3.05) is 13.2 Å². The van der Waals surface area contributed by atoms with Crippen LogP contribution in [0.15, 0.2) is 0 Å². The molecule has 0 heterocycles. The van der Waals surface area contributed by atoms with Crippen LogP contribution in [0.3, 0.4) is 0 Å². The summed E-state index contributed by atoms with van der Waals surface area (Å²) in [6, 6.07) is 2.30. The Hall–Kier alpha value is -0.590. The van der Waals surface area contributed by atoms with Crippen LogP contribution in [-0.2, 0) is 4.74 Å². The summed E-state index contributed by atoms with van der Waals surface area (Å²) in [5.74, 6) is 0. The fourth-order valence-corrected chi connectivity index (χ4v) is 1.50. The summed E-state index contributed by atoms with van der Waals surface area (Å²) in [6.07, 6.45) is 1.89. The van der Waals surface area contributed by atoms with E-state index in [2.05, 4.69) is 18.3 Å². The minimum atomic E-state index is -0.456. The van der Waals surface area contributed by atoms with E-state index in [1.165, 1.54) is 0 Å². The summed E-state index contributed by atoms with van der Waals surface area (Å²) < 4.78 is 5.54. The molecule has 1 N–H and O–H groups in total. The van der Waals surface area contributed by atoms with Crippen LogP contribution in [0.4, 0.5) is 0 Å². The Labute approximate surface area is 87.4 Å². The van der Waals surface area contributed by atoms with E-state index in [1.54, 1.807) is 0 Å². The first-order chi connectivity index (χ1) is 6.58.